The van der Waals surface area contributed by atoms with Crippen molar-refractivity contribution in [3.63, 3.8) is 0 Å². The van der Waals surface area contributed by atoms with Crippen molar-refractivity contribution < 1.29 is 9.53 Å². The molecule has 1 atom stereocenters. The second kappa shape index (κ2) is 5.49. The number of ether oxygens (including phenoxy) is 1. The van der Waals surface area contributed by atoms with Crippen molar-refractivity contribution in [1.29, 1.82) is 0 Å². The minimum absolute atomic E-state index is 0.264. The van der Waals surface area contributed by atoms with Crippen LogP contribution < -0.4 is 0 Å². The Morgan fingerprint density at radius 1 is 1.38 bits per heavy atom. The zero-order valence-electron chi connectivity index (χ0n) is 7.77. The van der Waals surface area contributed by atoms with Crippen LogP contribution in [-0.4, -0.2) is 12.4 Å². The Labute approximate surface area is 78.5 Å². The van der Waals surface area contributed by atoms with Gasteiger partial charge in [0.25, 0.3) is 0 Å². The quantitative estimate of drug-likeness (QED) is 0.646. The summed E-state index contributed by atoms with van der Waals surface area (Å²) in [6.07, 6.45) is 1.32. The van der Waals surface area contributed by atoms with E-state index in [1.54, 1.807) is 0 Å². The molecule has 0 aliphatic carbocycles. The lowest BCUT2D eigenvalue weighted by Crippen LogP contribution is -2.12. The first kappa shape index (κ1) is 9.93. The molecular weight excluding hydrogens is 164 g/mol. The molecule has 0 N–H and O–H groups in total. The van der Waals surface area contributed by atoms with Crippen molar-refractivity contribution in [1.82, 2.24) is 0 Å². The summed E-state index contributed by atoms with van der Waals surface area (Å²) in [6, 6.07) is 9.84. The minimum atomic E-state index is -0.264. The molecule has 2 nitrogen and oxygen atoms in total. The van der Waals surface area contributed by atoms with Crippen LogP contribution in [0.15, 0.2) is 30.3 Å². The SMILES string of the molecule is CC[C@@H](C=O)OCc1ccccc1. The summed E-state index contributed by atoms with van der Waals surface area (Å²) in [4.78, 5) is 10.4. The van der Waals surface area contributed by atoms with Crippen LogP contribution in [-0.2, 0) is 16.1 Å². The zero-order valence-corrected chi connectivity index (χ0v) is 7.77. The Kier molecular flexibility index (Phi) is 4.19. The predicted molar refractivity (Wildman–Crippen MR) is 51.4 cm³/mol. The lowest BCUT2D eigenvalue weighted by atomic mass is 10.2. The molecule has 0 fully saturated rings. The highest BCUT2D eigenvalue weighted by molar-refractivity contribution is 5.55. The van der Waals surface area contributed by atoms with E-state index in [2.05, 4.69) is 0 Å². The van der Waals surface area contributed by atoms with Crippen molar-refractivity contribution >= 4 is 6.29 Å². The topological polar surface area (TPSA) is 26.3 Å². The second-order valence-corrected chi connectivity index (χ2v) is 2.88. The van der Waals surface area contributed by atoms with Gasteiger partial charge in [0.15, 0.2) is 0 Å². The van der Waals surface area contributed by atoms with Gasteiger partial charge in [-0.25, -0.2) is 0 Å². The number of rotatable bonds is 5. The minimum Gasteiger partial charge on any atom is -0.366 e. The van der Waals surface area contributed by atoms with E-state index in [9.17, 15) is 4.79 Å². The van der Waals surface area contributed by atoms with Gasteiger partial charge in [0.05, 0.1) is 6.61 Å². The smallest absolute Gasteiger partial charge is 0.148 e. The largest absolute Gasteiger partial charge is 0.366 e. The molecular formula is C11H14O2. The zero-order chi connectivity index (χ0) is 9.52. The lowest BCUT2D eigenvalue weighted by Gasteiger charge is -2.08. The van der Waals surface area contributed by atoms with E-state index < -0.39 is 0 Å². The summed E-state index contributed by atoms with van der Waals surface area (Å²) in [5.41, 5.74) is 1.10. The Morgan fingerprint density at radius 3 is 2.62 bits per heavy atom. The van der Waals surface area contributed by atoms with Gasteiger partial charge in [-0.15, -0.1) is 0 Å². The molecule has 0 saturated heterocycles. The maximum atomic E-state index is 10.4. The number of carbonyl (C=O) groups excluding carboxylic acids is 1. The van der Waals surface area contributed by atoms with Crippen molar-refractivity contribution in [2.75, 3.05) is 0 Å². The molecule has 0 spiro atoms. The van der Waals surface area contributed by atoms with Crippen LogP contribution in [0.5, 0.6) is 0 Å². The normalized spacial score (nSPS) is 12.4. The van der Waals surface area contributed by atoms with Gasteiger partial charge < -0.3 is 9.53 Å². The fourth-order valence-electron chi connectivity index (χ4n) is 1.03. The van der Waals surface area contributed by atoms with Crippen molar-refractivity contribution in [3.05, 3.63) is 35.9 Å². The Bertz CT molecular complexity index is 244. The number of aldehydes is 1. The summed E-state index contributed by atoms with van der Waals surface area (Å²) in [6.45, 7) is 2.45. The summed E-state index contributed by atoms with van der Waals surface area (Å²) in [5, 5.41) is 0. The van der Waals surface area contributed by atoms with Crippen LogP contribution in [0, 0.1) is 0 Å². The molecule has 0 amide bonds. The molecule has 0 heterocycles. The van der Waals surface area contributed by atoms with E-state index in [-0.39, 0.29) is 6.10 Å². The Morgan fingerprint density at radius 2 is 2.08 bits per heavy atom. The molecule has 1 rings (SSSR count). The van der Waals surface area contributed by atoms with E-state index >= 15 is 0 Å². The molecule has 0 aliphatic rings. The number of hydrogen-bond donors (Lipinski definition) is 0. The van der Waals surface area contributed by atoms with Gasteiger partial charge >= 0.3 is 0 Å². The third-order valence-electron chi connectivity index (χ3n) is 1.86. The first-order valence-corrected chi connectivity index (χ1v) is 4.47. The summed E-state index contributed by atoms with van der Waals surface area (Å²) in [7, 11) is 0. The van der Waals surface area contributed by atoms with Gasteiger partial charge in [0.2, 0.25) is 0 Å². The van der Waals surface area contributed by atoms with Gasteiger partial charge in [-0.3, -0.25) is 0 Å². The fourth-order valence-corrected chi connectivity index (χ4v) is 1.03. The van der Waals surface area contributed by atoms with Crippen LogP contribution in [0.3, 0.4) is 0 Å². The van der Waals surface area contributed by atoms with E-state index in [0.717, 1.165) is 18.3 Å². The van der Waals surface area contributed by atoms with E-state index in [4.69, 9.17) is 4.74 Å². The van der Waals surface area contributed by atoms with Crippen molar-refractivity contribution in [3.8, 4) is 0 Å². The molecule has 2 heteroatoms. The third-order valence-corrected chi connectivity index (χ3v) is 1.86. The highest BCUT2D eigenvalue weighted by Gasteiger charge is 2.03. The van der Waals surface area contributed by atoms with E-state index in [1.807, 2.05) is 37.3 Å². The molecule has 0 aromatic heterocycles. The molecule has 1 aromatic carbocycles. The summed E-state index contributed by atoms with van der Waals surface area (Å²) >= 11 is 0. The van der Waals surface area contributed by atoms with Gasteiger partial charge in [-0.2, -0.15) is 0 Å². The van der Waals surface area contributed by atoms with E-state index in [1.165, 1.54) is 0 Å². The standard InChI is InChI=1S/C11H14O2/c1-2-11(8-12)13-9-10-6-4-3-5-7-10/h3-8,11H,2,9H2,1H3/t11-/m0/s1. The van der Waals surface area contributed by atoms with E-state index in [0.29, 0.717) is 6.61 Å². The number of carbonyl (C=O) groups is 1. The second-order valence-electron chi connectivity index (χ2n) is 2.88. The molecule has 0 bridgehead atoms. The fraction of sp³-hybridized carbons (Fsp3) is 0.364. The average Bonchev–Trinajstić information content (AvgIpc) is 2.21. The summed E-state index contributed by atoms with van der Waals surface area (Å²) < 4.78 is 5.36. The van der Waals surface area contributed by atoms with Crippen LogP contribution in [0.25, 0.3) is 0 Å². The van der Waals surface area contributed by atoms with Crippen LogP contribution in [0.2, 0.25) is 0 Å². The molecule has 13 heavy (non-hydrogen) atoms. The van der Waals surface area contributed by atoms with Gasteiger partial charge in [-0.05, 0) is 12.0 Å². The highest BCUT2D eigenvalue weighted by atomic mass is 16.5. The number of hydrogen-bond acceptors (Lipinski definition) is 2. The average molecular weight is 178 g/mol. The molecule has 0 radical (unpaired) electrons. The molecule has 70 valence electrons. The molecule has 0 aliphatic heterocycles. The first-order valence-electron chi connectivity index (χ1n) is 4.47. The van der Waals surface area contributed by atoms with Crippen LogP contribution >= 0.6 is 0 Å². The molecule has 1 aromatic rings. The van der Waals surface area contributed by atoms with Crippen molar-refractivity contribution in [2.45, 2.75) is 26.1 Å². The van der Waals surface area contributed by atoms with Gasteiger partial charge in [0, 0.05) is 0 Å². The maximum Gasteiger partial charge on any atom is 0.148 e. The summed E-state index contributed by atoms with van der Waals surface area (Å²) in [5.74, 6) is 0. The third kappa shape index (κ3) is 3.38. The van der Waals surface area contributed by atoms with Crippen LogP contribution in [0.1, 0.15) is 18.9 Å². The molecule has 0 saturated carbocycles. The number of benzene rings is 1. The van der Waals surface area contributed by atoms with Crippen LogP contribution in [0.4, 0.5) is 0 Å². The van der Waals surface area contributed by atoms with Gasteiger partial charge in [0.1, 0.15) is 12.4 Å². The van der Waals surface area contributed by atoms with Gasteiger partial charge in [-0.1, -0.05) is 37.3 Å². The first-order chi connectivity index (χ1) is 6.36. The van der Waals surface area contributed by atoms with Crippen molar-refractivity contribution in [2.24, 2.45) is 0 Å². The maximum absolute atomic E-state index is 10.4. The lowest BCUT2D eigenvalue weighted by molar-refractivity contribution is -0.118. The highest BCUT2D eigenvalue weighted by Crippen LogP contribution is 2.03. The predicted octanol–water partition coefficient (Wildman–Crippen LogP) is 2.18. The Balaban J connectivity index is 2.38. The Hall–Kier alpha value is -1.15. The monoisotopic (exact) mass is 178 g/mol. The molecule has 0 unspecified atom stereocenters.